The number of methoxy groups -OCH3 is 1. The van der Waals surface area contributed by atoms with E-state index in [1.165, 1.54) is 24.0 Å². The summed E-state index contributed by atoms with van der Waals surface area (Å²) in [6.07, 6.45) is 3.67. The molecule has 0 saturated heterocycles. The van der Waals surface area contributed by atoms with Gasteiger partial charge in [0.25, 0.3) is 0 Å². The van der Waals surface area contributed by atoms with Crippen LogP contribution in [0.2, 0.25) is 0 Å². The van der Waals surface area contributed by atoms with Gasteiger partial charge in [-0.25, -0.2) is 0 Å². The molecule has 1 unspecified atom stereocenters. The Kier molecular flexibility index (Phi) is 2.96. The van der Waals surface area contributed by atoms with E-state index in [0.717, 1.165) is 12.2 Å². The predicted molar refractivity (Wildman–Crippen MR) is 62.4 cm³/mol. The van der Waals surface area contributed by atoms with E-state index in [9.17, 15) is 0 Å². The summed E-state index contributed by atoms with van der Waals surface area (Å²) in [4.78, 5) is 2.30. The Hall–Kier alpha value is -1.02. The van der Waals surface area contributed by atoms with Crippen molar-refractivity contribution in [3.05, 3.63) is 29.3 Å². The first-order valence-electron chi connectivity index (χ1n) is 5.56. The number of ether oxygens (including phenoxy) is 1. The van der Waals surface area contributed by atoms with E-state index in [4.69, 9.17) is 4.74 Å². The van der Waals surface area contributed by atoms with E-state index in [1.807, 2.05) is 0 Å². The highest BCUT2D eigenvalue weighted by molar-refractivity contribution is 5.43. The van der Waals surface area contributed by atoms with Crippen molar-refractivity contribution >= 4 is 0 Å². The van der Waals surface area contributed by atoms with Gasteiger partial charge in [0.05, 0.1) is 7.11 Å². The van der Waals surface area contributed by atoms with Crippen molar-refractivity contribution in [2.45, 2.75) is 25.3 Å². The molecule has 0 aliphatic heterocycles. The van der Waals surface area contributed by atoms with Crippen LogP contribution in [0, 0.1) is 0 Å². The van der Waals surface area contributed by atoms with Gasteiger partial charge in [0.15, 0.2) is 0 Å². The standard InChI is InChI=1S/C13H19NO/c1-14(2)12-8-4-7-11-10(12)6-5-9-13(11)15-3/h5-6,9,12H,4,7-8H2,1-3H3. The summed E-state index contributed by atoms with van der Waals surface area (Å²) < 4.78 is 5.42. The summed E-state index contributed by atoms with van der Waals surface area (Å²) in [5.74, 6) is 1.05. The van der Waals surface area contributed by atoms with Crippen LogP contribution in [-0.4, -0.2) is 26.1 Å². The Morgan fingerprint density at radius 1 is 1.33 bits per heavy atom. The smallest absolute Gasteiger partial charge is 0.122 e. The van der Waals surface area contributed by atoms with Gasteiger partial charge in [0.2, 0.25) is 0 Å². The third-order valence-electron chi connectivity index (χ3n) is 3.28. The zero-order chi connectivity index (χ0) is 10.8. The van der Waals surface area contributed by atoms with Crippen molar-refractivity contribution in [1.82, 2.24) is 4.90 Å². The fourth-order valence-corrected chi connectivity index (χ4v) is 2.52. The van der Waals surface area contributed by atoms with Crippen molar-refractivity contribution in [1.29, 1.82) is 0 Å². The molecule has 0 heterocycles. The first-order chi connectivity index (χ1) is 7.24. The van der Waals surface area contributed by atoms with Crippen LogP contribution in [-0.2, 0) is 6.42 Å². The van der Waals surface area contributed by atoms with Crippen LogP contribution in [0.5, 0.6) is 5.75 Å². The van der Waals surface area contributed by atoms with Gasteiger partial charge >= 0.3 is 0 Å². The Morgan fingerprint density at radius 3 is 2.80 bits per heavy atom. The molecular formula is C13H19NO. The number of nitrogens with zero attached hydrogens (tertiary/aromatic N) is 1. The van der Waals surface area contributed by atoms with Gasteiger partial charge in [0.1, 0.15) is 5.75 Å². The van der Waals surface area contributed by atoms with E-state index >= 15 is 0 Å². The van der Waals surface area contributed by atoms with Gasteiger partial charge in [-0.2, -0.15) is 0 Å². The first-order valence-corrected chi connectivity index (χ1v) is 5.56. The SMILES string of the molecule is COc1cccc2c1CCCC2N(C)C. The summed E-state index contributed by atoms with van der Waals surface area (Å²) in [5, 5.41) is 0. The van der Waals surface area contributed by atoms with Crippen molar-refractivity contribution in [3.8, 4) is 5.75 Å². The van der Waals surface area contributed by atoms with Crippen molar-refractivity contribution < 1.29 is 4.74 Å². The van der Waals surface area contributed by atoms with E-state index in [-0.39, 0.29) is 0 Å². The minimum absolute atomic E-state index is 0.559. The lowest BCUT2D eigenvalue weighted by Crippen LogP contribution is -2.24. The van der Waals surface area contributed by atoms with Crippen LogP contribution in [0.25, 0.3) is 0 Å². The molecule has 0 aromatic heterocycles. The Labute approximate surface area is 91.9 Å². The zero-order valence-corrected chi connectivity index (χ0v) is 9.79. The van der Waals surface area contributed by atoms with Gasteiger partial charge < -0.3 is 9.64 Å². The zero-order valence-electron chi connectivity index (χ0n) is 9.79. The number of benzene rings is 1. The molecule has 1 aromatic rings. The second-order valence-corrected chi connectivity index (χ2v) is 4.40. The summed E-state index contributed by atoms with van der Waals surface area (Å²) in [6.45, 7) is 0. The number of rotatable bonds is 2. The number of hydrogen-bond donors (Lipinski definition) is 0. The minimum Gasteiger partial charge on any atom is -0.496 e. The van der Waals surface area contributed by atoms with Crippen LogP contribution in [0.4, 0.5) is 0 Å². The second-order valence-electron chi connectivity index (χ2n) is 4.40. The molecule has 0 fully saturated rings. The number of fused-ring (bicyclic) bond motifs is 1. The van der Waals surface area contributed by atoms with E-state index in [1.54, 1.807) is 7.11 Å². The molecule has 15 heavy (non-hydrogen) atoms. The summed E-state index contributed by atoms with van der Waals surface area (Å²) >= 11 is 0. The third kappa shape index (κ3) is 1.86. The Morgan fingerprint density at radius 2 is 2.13 bits per heavy atom. The van der Waals surface area contributed by atoms with Gasteiger partial charge in [-0.1, -0.05) is 12.1 Å². The molecule has 0 saturated carbocycles. The van der Waals surface area contributed by atoms with Crippen molar-refractivity contribution in [3.63, 3.8) is 0 Å². The summed E-state index contributed by atoms with van der Waals surface area (Å²) in [6, 6.07) is 6.96. The lowest BCUT2D eigenvalue weighted by molar-refractivity contribution is 0.266. The van der Waals surface area contributed by atoms with Crippen LogP contribution in [0.1, 0.15) is 30.0 Å². The summed E-state index contributed by atoms with van der Waals surface area (Å²) in [7, 11) is 6.06. The van der Waals surface area contributed by atoms with Gasteiger partial charge in [-0.15, -0.1) is 0 Å². The fourth-order valence-electron chi connectivity index (χ4n) is 2.52. The highest BCUT2D eigenvalue weighted by Gasteiger charge is 2.23. The maximum Gasteiger partial charge on any atom is 0.122 e. The van der Waals surface area contributed by atoms with Crippen molar-refractivity contribution in [2.24, 2.45) is 0 Å². The van der Waals surface area contributed by atoms with Crippen LogP contribution in [0.15, 0.2) is 18.2 Å². The molecule has 2 heteroatoms. The molecule has 0 spiro atoms. The van der Waals surface area contributed by atoms with E-state index in [0.29, 0.717) is 6.04 Å². The van der Waals surface area contributed by atoms with E-state index in [2.05, 4.69) is 37.2 Å². The van der Waals surface area contributed by atoms with Gasteiger partial charge in [-0.3, -0.25) is 0 Å². The average Bonchev–Trinajstić information content (AvgIpc) is 2.27. The largest absolute Gasteiger partial charge is 0.496 e. The molecule has 0 radical (unpaired) electrons. The molecule has 2 rings (SSSR count). The first kappa shape index (κ1) is 10.5. The molecule has 0 bridgehead atoms. The molecule has 2 nitrogen and oxygen atoms in total. The predicted octanol–water partition coefficient (Wildman–Crippen LogP) is 2.63. The van der Waals surface area contributed by atoms with Gasteiger partial charge in [-0.05, 0) is 50.6 Å². The number of hydrogen-bond acceptors (Lipinski definition) is 2. The molecule has 0 N–H and O–H groups in total. The lowest BCUT2D eigenvalue weighted by atomic mass is 9.86. The Bertz CT molecular complexity index is 346. The molecule has 1 aliphatic rings. The molecule has 0 amide bonds. The lowest BCUT2D eigenvalue weighted by Gasteiger charge is -2.31. The molecule has 82 valence electrons. The van der Waals surface area contributed by atoms with E-state index < -0.39 is 0 Å². The van der Waals surface area contributed by atoms with Crippen LogP contribution >= 0.6 is 0 Å². The monoisotopic (exact) mass is 205 g/mol. The van der Waals surface area contributed by atoms with Gasteiger partial charge in [0, 0.05) is 6.04 Å². The molecule has 1 aromatic carbocycles. The third-order valence-corrected chi connectivity index (χ3v) is 3.28. The second kappa shape index (κ2) is 4.23. The van der Waals surface area contributed by atoms with Crippen LogP contribution in [0.3, 0.4) is 0 Å². The topological polar surface area (TPSA) is 12.5 Å². The highest BCUT2D eigenvalue weighted by Crippen LogP contribution is 2.37. The minimum atomic E-state index is 0.559. The van der Waals surface area contributed by atoms with Crippen molar-refractivity contribution in [2.75, 3.05) is 21.2 Å². The average molecular weight is 205 g/mol. The van der Waals surface area contributed by atoms with Crippen LogP contribution < -0.4 is 4.74 Å². The normalized spacial score (nSPS) is 20.1. The maximum absolute atomic E-state index is 5.42. The summed E-state index contributed by atoms with van der Waals surface area (Å²) in [5.41, 5.74) is 2.86. The molecular weight excluding hydrogens is 186 g/mol. The maximum atomic E-state index is 5.42. The fraction of sp³-hybridized carbons (Fsp3) is 0.538. The molecule has 1 aliphatic carbocycles. The quantitative estimate of drug-likeness (QED) is 0.736. The highest BCUT2D eigenvalue weighted by atomic mass is 16.5. The Balaban J connectivity index is 2.44. The molecule has 1 atom stereocenters.